The number of rotatable bonds is 3. The van der Waals surface area contributed by atoms with Crippen molar-refractivity contribution in [2.75, 3.05) is 18.9 Å². The van der Waals surface area contributed by atoms with Crippen molar-refractivity contribution in [1.29, 1.82) is 0 Å². The van der Waals surface area contributed by atoms with Crippen LogP contribution in [0.3, 0.4) is 0 Å². The van der Waals surface area contributed by atoms with Crippen molar-refractivity contribution in [2.24, 2.45) is 0 Å². The first-order valence-corrected chi connectivity index (χ1v) is 4.31. The van der Waals surface area contributed by atoms with Gasteiger partial charge < -0.3 is 4.90 Å². The average molecular weight is 215 g/mol. The van der Waals surface area contributed by atoms with Crippen molar-refractivity contribution in [3.63, 3.8) is 0 Å². The third-order valence-electron chi connectivity index (χ3n) is 1.66. The van der Waals surface area contributed by atoms with Crippen LogP contribution >= 0.6 is 0 Å². The van der Waals surface area contributed by atoms with Gasteiger partial charge in [-0.25, -0.2) is 18.6 Å². The molecule has 0 saturated carbocycles. The molecule has 0 bridgehead atoms. The second-order valence-electron chi connectivity index (χ2n) is 2.92. The summed E-state index contributed by atoms with van der Waals surface area (Å²) < 4.78 is 23.9. The Bertz CT molecular complexity index is 318. The maximum Gasteiger partial charge on any atom is 0.322 e. The largest absolute Gasteiger partial charge is 0.322 e. The van der Waals surface area contributed by atoms with E-state index in [2.05, 4.69) is 10.3 Å². The molecule has 0 aromatic carbocycles. The van der Waals surface area contributed by atoms with E-state index in [9.17, 15) is 13.6 Å². The maximum absolute atomic E-state index is 11.9. The third-order valence-corrected chi connectivity index (χ3v) is 1.66. The van der Waals surface area contributed by atoms with Crippen LogP contribution in [0.1, 0.15) is 0 Å². The van der Waals surface area contributed by atoms with Crippen LogP contribution in [0.4, 0.5) is 19.4 Å². The van der Waals surface area contributed by atoms with Crippen molar-refractivity contribution in [3.8, 4) is 0 Å². The minimum Gasteiger partial charge on any atom is -0.322 e. The van der Waals surface area contributed by atoms with Gasteiger partial charge in [-0.15, -0.1) is 0 Å². The number of carbonyl (C=O) groups excluding carboxylic acids is 1. The Hall–Kier alpha value is -1.72. The number of aromatic nitrogens is 1. The Morgan fingerprint density at radius 1 is 1.60 bits per heavy atom. The highest BCUT2D eigenvalue weighted by atomic mass is 19.3. The van der Waals surface area contributed by atoms with Crippen molar-refractivity contribution in [3.05, 3.63) is 24.4 Å². The number of anilines is 1. The van der Waals surface area contributed by atoms with Crippen LogP contribution in [0.5, 0.6) is 0 Å². The molecule has 0 spiro atoms. The number of nitrogens with one attached hydrogen (secondary N) is 1. The van der Waals surface area contributed by atoms with Crippen LogP contribution in [-0.2, 0) is 0 Å². The van der Waals surface area contributed by atoms with E-state index in [-0.39, 0.29) is 0 Å². The van der Waals surface area contributed by atoms with Gasteiger partial charge in [-0.3, -0.25) is 5.32 Å². The lowest BCUT2D eigenvalue weighted by atomic mass is 10.4. The first kappa shape index (κ1) is 11.4. The van der Waals surface area contributed by atoms with Crippen molar-refractivity contribution in [1.82, 2.24) is 9.88 Å². The molecule has 0 fully saturated rings. The third kappa shape index (κ3) is 3.88. The molecule has 0 aliphatic carbocycles. The zero-order valence-electron chi connectivity index (χ0n) is 8.15. The summed E-state index contributed by atoms with van der Waals surface area (Å²) in [6.07, 6.45) is -1.03. The number of nitrogens with zero attached hydrogens (tertiary/aromatic N) is 2. The summed E-state index contributed by atoms with van der Waals surface area (Å²) in [7, 11) is 1.30. The molecule has 1 heterocycles. The molecule has 0 atom stereocenters. The summed E-state index contributed by atoms with van der Waals surface area (Å²) in [5.41, 5.74) is 0. The number of halogens is 2. The van der Waals surface area contributed by atoms with Gasteiger partial charge in [-0.2, -0.15) is 0 Å². The van der Waals surface area contributed by atoms with Crippen LogP contribution in [0.25, 0.3) is 0 Å². The van der Waals surface area contributed by atoms with Crippen LogP contribution in [0.15, 0.2) is 24.4 Å². The van der Waals surface area contributed by atoms with Gasteiger partial charge in [-0.05, 0) is 12.1 Å². The Balaban J connectivity index is 2.49. The molecule has 1 aromatic rings. The lowest BCUT2D eigenvalue weighted by Crippen LogP contribution is -2.35. The molecule has 1 N–H and O–H groups in total. The molecular weight excluding hydrogens is 204 g/mol. The number of amides is 2. The molecule has 0 aliphatic rings. The van der Waals surface area contributed by atoms with Crippen LogP contribution < -0.4 is 5.32 Å². The van der Waals surface area contributed by atoms with E-state index in [0.717, 1.165) is 4.90 Å². The molecule has 0 aliphatic heterocycles. The zero-order valence-corrected chi connectivity index (χ0v) is 8.15. The predicted molar refractivity (Wildman–Crippen MR) is 51.9 cm³/mol. The SMILES string of the molecule is CN(CC(F)F)C(=O)Nc1ccccn1. The topological polar surface area (TPSA) is 45.2 Å². The molecular formula is C9H11F2N3O. The maximum atomic E-state index is 11.9. The van der Waals surface area contributed by atoms with E-state index in [0.29, 0.717) is 5.82 Å². The monoisotopic (exact) mass is 215 g/mol. The summed E-state index contributed by atoms with van der Waals surface area (Å²) in [5.74, 6) is 0.337. The van der Waals surface area contributed by atoms with E-state index in [1.807, 2.05) is 0 Å². The van der Waals surface area contributed by atoms with Crippen LogP contribution in [-0.4, -0.2) is 35.9 Å². The molecule has 0 unspecified atom stereocenters. The highest BCUT2D eigenvalue weighted by Gasteiger charge is 2.13. The minimum atomic E-state index is -2.54. The molecule has 4 nitrogen and oxygen atoms in total. The van der Waals surface area contributed by atoms with Gasteiger partial charge in [0.05, 0.1) is 6.54 Å². The van der Waals surface area contributed by atoms with Gasteiger partial charge in [0, 0.05) is 13.2 Å². The van der Waals surface area contributed by atoms with Gasteiger partial charge in [0.25, 0.3) is 6.43 Å². The van der Waals surface area contributed by atoms with Crippen molar-refractivity contribution in [2.45, 2.75) is 6.43 Å². The van der Waals surface area contributed by atoms with Gasteiger partial charge in [0.1, 0.15) is 5.82 Å². The Morgan fingerprint density at radius 2 is 2.33 bits per heavy atom. The molecule has 82 valence electrons. The highest BCUT2D eigenvalue weighted by Crippen LogP contribution is 2.02. The highest BCUT2D eigenvalue weighted by molar-refractivity contribution is 5.87. The van der Waals surface area contributed by atoms with E-state index < -0.39 is 19.0 Å². The molecule has 15 heavy (non-hydrogen) atoms. The van der Waals surface area contributed by atoms with Gasteiger partial charge in [-0.1, -0.05) is 6.07 Å². The molecule has 0 saturated heterocycles. The standard InChI is InChI=1S/C9H11F2N3O/c1-14(6-7(10)11)9(15)13-8-4-2-3-5-12-8/h2-5,7H,6H2,1H3,(H,12,13,15). The molecule has 2 amide bonds. The number of pyridine rings is 1. The predicted octanol–water partition coefficient (Wildman–Crippen LogP) is 1.81. The number of hydrogen-bond acceptors (Lipinski definition) is 2. The van der Waals surface area contributed by atoms with E-state index in [1.165, 1.54) is 13.2 Å². The lowest BCUT2D eigenvalue weighted by molar-refractivity contribution is 0.111. The van der Waals surface area contributed by atoms with Crippen LogP contribution in [0, 0.1) is 0 Å². The fourth-order valence-corrected chi connectivity index (χ4v) is 0.932. The summed E-state index contributed by atoms with van der Waals surface area (Å²) in [4.78, 5) is 16.0. The summed E-state index contributed by atoms with van der Waals surface area (Å²) >= 11 is 0. The quantitative estimate of drug-likeness (QED) is 0.835. The molecule has 1 rings (SSSR count). The fourth-order valence-electron chi connectivity index (χ4n) is 0.932. The molecule has 1 aromatic heterocycles. The zero-order chi connectivity index (χ0) is 11.3. The number of alkyl halides is 2. The second-order valence-corrected chi connectivity index (χ2v) is 2.92. The van der Waals surface area contributed by atoms with Crippen LogP contribution in [0.2, 0.25) is 0 Å². The Morgan fingerprint density at radius 3 is 2.87 bits per heavy atom. The second kappa shape index (κ2) is 5.23. The number of urea groups is 1. The molecule has 0 radical (unpaired) electrons. The van der Waals surface area contributed by atoms with Crippen molar-refractivity contribution < 1.29 is 13.6 Å². The summed E-state index contributed by atoms with van der Waals surface area (Å²) in [6, 6.07) is 4.36. The fraction of sp³-hybridized carbons (Fsp3) is 0.333. The van der Waals surface area contributed by atoms with E-state index in [1.54, 1.807) is 18.2 Å². The van der Waals surface area contributed by atoms with Gasteiger partial charge in [0.2, 0.25) is 0 Å². The smallest absolute Gasteiger partial charge is 0.322 e. The lowest BCUT2D eigenvalue weighted by Gasteiger charge is -2.16. The minimum absolute atomic E-state index is 0.337. The average Bonchev–Trinajstić information content (AvgIpc) is 2.18. The first-order chi connectivity index (χ1) is 7.09. The number of hydrogen-bond donors (Lipinski definition) is 1. The normalized spacial score (nSPS) is 10.1. The summed E-state index contributed by atoms with van der Waals surface area (Å²) in [6.45, 7) is -0.599. The summed E-state index contributed by atoms with van der Waals surface area (Å²) in [5, 5.41) is 2.39. The van der Waals surface area contributed by atoms with Gasteiger partial charge >= 0.3 is 6.03 Å². The molecule has 6 heteroatoms. The van der Waals surface area contributed by atoms with Gasteiger partial charge in [0.15, 0.2) is 0 Å². The number of carbonyl (C=O) groups is 1. The Kier molecular flexibility index (Phi) is 3.96. The van der Waals surface area contributed by atoms with Crippen molar-refractivity contribution >= 4 is 11.8 Å². The first-order valence-electron chi connectivity index (χ1n) is 4.31. The van der Waals surface area contributed by atoms with E-state index in [4.69, 9.17) is 0 Å². The Labute approximate surface area is 85.9 Å². The van der Waals surface area contributed by atoms with E-state index >= 15 is 0 Å².